The largest absolute Gasteiger partial charge is 0.497 e. The van der Waals surface area contributed by atoms with Crippen molar-refractivity contribution in [3.63, 3.8) is 0 Å². The van der Waals surface area contributed by atoms with Crippen LogP contribution < -0.4 is 19.5 Å². The summed E-state index contributed by atoms with van der Waals surface area (Å²) in [5.74, 6) is 1.69. The topological polar surface area (TPSA) is 76.7 Å². The molecule has 0 saturated carbocycles. The summed E-state index contributed by atoms with van der Waals surface area (Å²) in [5.41, 5.74) is 1.46. The normalized spacial score (nSPS) is 11.0. The molecular formula is C18H24N2O4S. The Labute approximate surface area is 149 Å². The van der Waals surface area contributed by atoms with Gasteiger partial charge in [0.25, 0.3) is 0 Å². The van der Waals surface area contributed by atoms with Crippen molar-refractivity contribution in [1.29, 1.82) is 0 Å². The highest BCUT2D eigenvalue weighted by Crippen LogP contribution is 2.17. The SMILES string of the molecule is CCCS(=O)(=O)Nc1ccc(NCCOc2ccc(OC)cc2)cc1. The number of benzene rings is 2. The summed E-state index contributed by atoms with van der Waals surface area (Å²) in [6, 6.07) is 14.5. The van der Waals surface area contributed by atoms with Crippen LogP contribution in [-0.4, -0.2) is 34.4 Å². The number of ether oxygens (including phenoxy) is 2. The third kappa shape index (κ3) is 6.54. The first-order valence-corrected chi connectivity index (χ1v) is 9.79. The fourth-order valence-corrected chi connectivity index (χ4v) is 3.33. The lowest BCUT2D eigenvalue weighted by Gasteiger charge is -2.10. The van der Waals surface area contributed by atoms with Crippen molar-refractivity contribution in [2.45, 2.75) is 13.3 Å². The molecule has 7 heteroatoms. The number of anilines is 2. The molecule has 0 bridgehead atoms. The summed E-state index contributed by atoms with van der Waals surface area (Å²) in [5, 5.41) is 3.23. The van der Waals surface area contributed by atoms with E-state index < -0.39 is 10.0 Å². The van der Waals surface area contributed by atoms with Crippen LogP contribution in [0.1, 0.15) is 13.3 Å². The van der Waals surface area contributed by atoms with Gasteiger partial charge in [0.1, 0.15) is 18.1 Å². The van der Waals surface area contributed by atoms with E-state index in [1.165, 1.54) is 0 Å². The van der Waals surface area contributed by atoms with Gasteiger partial charge in [0, 0.05) is 17.9 Å². The Balaban J connectivity index is 1.75. The van der Waals surface area contributed by atoms with Crippen LogP contribution in [0.5, 0.6) is 11.5 Å². The predicted molar refractivity (Wildman–Crippen MR) is 101 cm³/mol. The second kappa shape index (κ2) is 9.17. The smallest absolute Gasteiger partial charge is 0.232 e. The third-order valence-corrected chi connectivity index (χ3v) is 4.88. The second-order valence-electron chi connectivity index (χ2n) is 5.45. The van der Waals surface area contributed by atoms with Crippen molar-refractivity contribution in [3.05, 3.63) is 48.5 Å². The van der Waals surface area contributed by atoms with Crippen LogP contribution in [0.3, 0.4) is 0 Å². The lowest BCUT2D eigenvalue weighted by atomic mass is 10.3. The van der Waals surface area contributed by atoms with Gasteiger partial charge in [-0.05, 0) is 55.0 Å². The quantitative estimate of drug-likeness (QED) is 0.632. The highest BCUT2D eigenvalue weighted by Gasteiger charge is 2.08. The van der Waals surface area contributed by atoms with Crippen LogP contribution in [0.15, 0.2) is 48.5 Å². The van der Waals surface area contributed by atoms with Gasteiger partial charge in [-0.2, -0.15) is 0 Å². The molecule has 0 aromatic heterocycles. The molecule has 2 N–H and O–H groups in total. The predicted octanol–water partition coefficient (Wildman–Crippen LogP) is 3.34. The maximum Gasteiger partial charge on any atom is 0.232 e. The molecule has 2 rings (SSSR count). The minimum Gasteiger partial charge on any atom is -0.497 e. The Morgan fingerprint density at radius 2 is 1.52 bits per heavy atom. The number of methoxy groups -OCH3 is 1. The minimum atomic E-state index is -3.25. The molecule has 0 aliphatic heterocycles. The zero-order valence-electron chi connectivity index (χ0n) is 14.5. The van der Waals surface area contributed by atoms with E-state index in [2.05, 4.69) is 10.0 Å². The van der Waals surface area contributed by atoms with Gasteiger partial charge in [0.15, 0.2) is 0 Å². The van der Waals surface area contributed by atoms with Crippen molar-refractivity contribution in [2.24, 2.45) is 0 Å². The van der Waals surface area contributed by atoms with E-state index in [4.69, 9.17) is 9.47 Å². The molecule has 0 saturated heterocycles. The Bertz CT molecular complexity index is 744. The van der Waals surface area contributed by atoms with Crippen LogP contribution >= 0.6 is 0 Å². The number of sulfonamides is 1. The van der Waals surface area contributed by atoms with Gasteiger partial charge in [-0.25, -0.2) is 8.42 Å². The summed E-state index contributed by atoms with van der Waals surface area (Å²) in [7, 11) is -1.63. The zero-order chi connectivity index (χ0) is 18.1. The molecule has 0 fully saturated rings. The maximum atomic E-state index is 11.7. The Morgan fingerprint density at radius 1 is 0.920 bits per heavy atom. The van der Waals surface area contributed by atoms with Gasteiger partial charge < -0.3 is 14.8 Å². The molecule has 0 unspecified atom stereocenters. The average Bonchev–Trinajstić information content (AvgIpc) is 2.60. The molecule has 0 spiro atoms. The van der Waals surface area contributed by atoms with Crippen molar-refractivity contribution < 1.29 is 17.9 Å². The molecule has 2 aromatic rings. The van der Waals surface area contributed by atoms with Gasteiger partial charge >= 0.3 is 0 Å². The lowest BCUT2D eigenvalue weighted by molar-refractivity contribution is 0.332. The zero-order valence-corrected chi connectivity index (χ0v) is 15.3. The highest BCUT2D eigenvalue weighted by molar-refractivity contribution is 7.92. The summed E-state index contributed by atoms with van der Waals surface area (Å²) < 4.78 is 36.7. The van der Waals surface area contributed by atoms with Crippen molar-refractivity contribution in [1.82, 2.24) is 0 Å². The number of hydrogen-bond acceptors (Lipinski definition) is 5. The number of rotatable bonds is 10. The second-order valence-corrected chi connectivity index (χ2v) is 7.29. The monoisotopic (exact) mass is 364 g/mol. The molecule has 0 atom stereocenters. The van der Waals surface area contributed by atoms with E-state index in [9.17, 15) is 8.42 Å². The summed E-state index contributed by atoms with van der Waals surface area (Å²) >= 11 is 0. The lowest BCUT2D eigenvalue weighted by Crippen LogP contribution is -2.16. The molecular weight excluding hydrogens is 340 g/mol. The summed E-state index contributed by atoms with van der Waals surface area (Å²) in [6.45, 7) is 2.98. The standard InChI is InChI=1S/C18H24N2O4S/c1-3-14-25(21,22)20-16-6-4-15(5-7-16)19-12-13-24-18-10-8-17(23-2)9-11-18/h4-11,19-20H,3,12-14H2,1-2H3. The molecule has 0 aliphatic rings. The fourth-order valence-electron chi connectivity index (χ4n) is 2.19. The Hall–Kier alpha value is -2.41. The van der Waals surface area contributed by atoms with E-state index >= 15 is 0 Å². The van der Waals surface area contributed by atoms with E-state index in [-0.39, 0.29) is 5.75 Å². The maximum absolute atomic E-state index is 11.7. The van der Waals surface area contributed by atoms with Crippen LogP contribution in [0.4, 0.5) is 11.4 Å². The fraction of sp³-hybridized carbons (Fsp3) is 0.333. The molecule has 2 aromatic carbocycles. The minimum absolute atomic E-state index is 0.121. The Morgan fingerprint density at radius 3 is 2.12 bits per heavy atom. The molecule has 0 heterocycles. The van der Waals surface area contributed by atoms with Crippen molar-refractivity contribution >= 4 is 21.4 Å². The van der Waals surface area contributed by atoms with Gasteiger partial charge in [0.05, 0.1) is 12.9 Å². The first kappa shape index (κ1) is 18.9. The van der Waals surface area contributed by atoms with Crippen LogP contribution in [-0.2, 0) is 10.0 Å². The molecule has 0 amide bonds. The average molecular weight is 364 g/mol. The van der Waals surface area contributed by atoms with E-state index in [0.29, 0.717) is 25.3 Å². The molecule has 25 heavy (non-hydrogen) atoms. The van der Waals surface area contributed by atoms with Gasteiger partial charge in [-0.3, -0.25) is 4.72 Å². The number of hydrogen-bond donors (Lipinski definition) is 2. The molecule has 6 nitrogen and oxygen atoms in total. The van der Waals surface area contributed by atoms with Crippen LogP contribution in [0, 0.1) is 0 Å². The van der Waals surface area contributed by atoms with E-state index in [1.807, 2.05) is 43.3 Å². The number of nitrogens with one attached hydrogen (secondary N) is 2. The summed E-state index contributed by atoms with van der Waals surface area (Å²) in [6.07, 6.45) is 0.586. The first-order chi connectivity index (χ1) is 12.0. The highest BCUT2D eigenvalue weighted by atomic mass is 32.2. The summed E-state index contributed by atoms with van der Waals surface area (Å²) in [4.78, 5) is 0. The van der Waals surface area contributed by atoms with Gasteiger partial charge in [-0.1, -0.05) is 6.92 Å². The molecule has 0 aliphatic carbocycles. The molecule has 136 valence electrons. The Kier molecular flexibility index (Phi) is 6.94. The van der Waals surface area contributed by atoms with Gasteiger partial charge in [-0.15, -0.1) is 0 Å². The molecule has 0 radical (unpaired) electrons. The first-order valence-electron chi connectivity index (χ1n) is 8.13. The third-order valence-electron chi connectivity index (χ3n) is 3.39. The van der Waals surface area contributed by atoms with E-state index in [0.717, 1.165) is 17.2 Å². The van der Waals surface area contributed by atoms with E-state index in [1.54, 1.807) is 19.2 Å². The van der Waals surface area contributed by atoms with Gasteiger partial charge in [0.2, 0.25) is 10.0 Å². The van der Waals surface area contributed by atoms with Crippen molar-refractivity contribution in [3.8, 4) is 11.5 Å². The van der Waals surface area contributed by atoms with Crippen LogP contribution in [0.2, 0.25) is 0 Å². The van der Waals surface area contributed by atoms with Crippen molar-refractivity contribution in [2.75, 3.05) is 36.1 Å². The van der Waals surface area contributed by atoms with Crippen LogP contribution in [0.25, 0.3) is 0 Å².